The van der Waals surface area contributed by atoms with Gasteiger partial charge in [-0.2, -0.15) is 0 Å². The van der Waals surface area contributed by atoms with Crippen LogP contribution in [-0.2, 0) is 4.74 Å². The molecule has 0 amide bonds. The van der Waals surface area contributed by atoms with Crippen LogP contribution in [-0.4, -0.2) is 23.6 Å². The predicted octanol–water partition coefficient (Wildman–Crippen LogP) is 2.86. The molecule has 2 atom stereocenters. The van der Waals surface area contributed by atoms with Gasteiger partial charge in [0.25, 0.3) is 0 Å². The first kappa shape index (κ1) is 12.9. The summed E-state index contributed by atoms with van der Waals surface area (Å²) >= 11 is 0. The molecule has 1 heterocycles. The standard InChI is InChI=1S/C14H20N2O2/c1-3-18-14(17)11-7-5-9-15-13(11)16-12-8-4-6-10(12)2/h5,7,9-10,12H,3-4,6,8H2,1-2H3,(H,15,16). The Bertz CT molecular complexity index is 420. The van der Waals surface area contributed by atoms with Gasteiger partial charge in [0.1, 0.15) is 11.4 Å². The Hall–Kier alpha value is -1.58. The van der Waals surface area contributed by atoms with Gasteiger partial charge in [0.05, 0.1) is 6.61 Å². The maximum atomic E-state index is 11.8. The summed E-state index contributed by atoms with van der Waals surface area (Å²) in [6.07, 6.45) is 5.31. The number of aromatic nitrogens is 1. The Kier molecular flexibility index (Phi) is 4.18. The molecule has 0 spiro atoms. The van der Waals surface area contributed by atoms with Gasteiger partial charge in [0.2, 0.25) is 0 Å². The fourth-order valence-corrected chi connectivity index (χ4v) is 2.43. The van der Waals surface area contributed by atoms with Crippen LogP contribution in [0.4, 0.5) is 5.82 Å². The van der Waals surface area contributed by atoms with E-state index < -0.39 is 0 Å². The minimum atomic E-state index is -0.307. The molecule has 4 nitrogen and oxygen atoms in total. The van der Waals surface area contributed by atoms with Crippen molar-refractivity contribution in [2.75, 3.05) is 11.9 Å². The van der Waals surface area contributed by atoms with E-state index in [1.165, 1.54) is 12.8 Å². The number of nitrogens with zero attached hydrogens (tertiary/aromatic N) is 1. The molecular formula is C14H20N2O2. The molecule has 2 rings (SSSR count). The van der Waals surface area contributed by atoms with Gasteiger partial charge in [-0.25, -0.2) is 9.78 Å². The summed E-state index contributed by atoms with van der Waals surface area (Å²) in [5, 5.41) is 3.39. The summed E-state index contributed by atoms with van der Waals surface area (Å²) in [6, 6.07) is 3.93. The van der Waals surface area contributed by atoms with Crippen molar-refractivity contribution < 1.29 is 9.53 Å². The van der Waals surface area contributed by atoms with Crippen LogP contribution in [0.5, 0.6) is 0 Å². The zero-order chi connectivity index (χ0) is 13.0. The molecule has 0 aromatic carbocycles. The SMILES string of the molecule is CCOC(=O)c1cccnc1NC1CCCC1C. The molecule has 0 radical (unpaired) electrons. The van der Waals surface area contributed by atoms with Gasteiger partial charge in [-0.05, 0) is 37.8 Å². The molecule has 18 heavy (non-hydrogen) atoms. The number of rotatable bonds is 4. The number of hydrogen-bond acceptors (Lipinski definition) is 4. The van der Waals surface area contributed by atoms with Crippen LogP contribution in [0.2, 0.25) is 0 Å². The van der Waals surface area contributed by atoms with Gasteiger partial charge in [0, 0.05) is 12.2 Å². The summed E-state index contributed by atoms with van der Waals surface area (Å²) in [7, 11) is 0. The first-order chi connectivity index (χ1) is 8.72. The van der Waals surface area contributed by atoms with E-state index in [1.807, 2.05) is 0 Å². The average Bonchev–Trinajstić information content (AvgIpc) is 2.76. The van der Waals surface area contributed by atoms with Crippen molar-refractivity contribution in [3.63, 3.8) is 0 Å². The summed E-state index contributed by atoms with van der Waals surface area (Å²) < 4.78 is 5.04. The number of esters is 1. The lowest BCUT2D eigenvalue weighted by Gasteiger charge is -2.19. The van der Waals surface area contributed by atoms with Crippen LogP contribution in [0.3, 0.4) is 0 Å². The molecule has 0 bridgehead atoms. The van der Waals surface area contributed by atoms with Crippen LogP contribution >= 0.6 is 0 Å². The maximum absolute atomic E-state index is 11.8. The van der Waals surface area contributed by atoms with Crippen molar-refractivity contribution in [3.05, 3.63) is 23.9 Å². The van der Waals surface area contributed by atoms with Gasteiger partial charge in [0.15, 0.2) is 0 Å². The van der Waals surface area contributed by atoms with E-state index in [1.54, 1.807) is 25.3 Å². The number of pyridine rings is 1. The van der Waals surface area contributed by atoms with Gasteiger partial charge in [-0.3, -0.25) is 0 Å². The lowest BCUT2D eigenvalue weighted by atomic mass is 10.1. The minimum Gasteiger partial charge on any atom is -0.462 e. The van der Waals surface area contributed by atoms with Gasteiger partial charge >= 0.3 is 5.97 Å². The third kappa shape index (κ3) is 2.81. The summed E-state index contributed by atoms with van der Waals surface area (Å²) in [4.78, 5) is 16.1. The van der Waals surface area contributed by atoms with E-state index in [0.29, 0.717) is 29.9 Å². The van der Waals surface area contributed by atoms with E-state index in [-0.39, 0.29) is 5.97 Å². The lowest BCUT2D eigenvalue weighted by molar-refractivity contribution is 0.0527. The van der Waals surface area contributed by atoms with Crippen molar-refractivity contribution in [2.24, 2.45) is 5.92 Å². The highest BCUT2D eigenvalue weighted by atomic mass is 16.5. The summed E-state index contributed by atoms with van der Waals surface area (Å²) in [5.74, 6) is 0.968. The third-order valence-corrected chi connectivity index (χ3v) is 3.49. The number of carbonyl (C=O) groups excluding carboxylic acids is 1. The zero-order valence-electron chi connectivity index (χ0n) is 11.0. The number of ether oxygens (including phenoxy) is 1. The molecule has 1 saturated carbocycles. The zero-order valence-corrected chi connectivity index (χ0v) is 11.0. The van der Waals surface area contributed by atoms with Crippen molar-refractivity contribution in [1.29, 1.82) is 0 Å². The molecule has 98 valence electrons. The molecule has 1 N–H and O–H groups in total. The van der Waals surface area contributed by atoms with Gasteiger partial charge < -0.3 is 10.1 Å². The fourth-order valence-electron chi connectivity index (χ4n) is 2.43. The molecule has 1 aromatic rings. The lowest BCUT2D eigenvalue weighted by Crippen LogP contribution is -2.24. The molecule has 4 heteroatoms. The van der Waals surface area contributed by atoms with Crippen LogP contribution < -0.4 is 5.32 Å². The minimum absolute atomic E-state index is 0.307. The highest BCUT2D eigenvalue weighted by molar-refractivity contribution is 5.94. The molecule has 1 aromatic heterocycles. The summed E-state index contributed by atoms with van der Waals surface area (Å²) in [6.45, 7) is 4.42. The Morgan fingerprint density at radius 2 is 2.39 bits per heavy atom. The van der Waals surface area contributed by atoms with E-state index in [0.717, 1.165) is 6.42 Å². The fraction of sp³-hybridized carbons (Fsp3) is 0.571. The van der Waals surface area contributed by atoms with Crippen LogP contribution in [0.1, 0.15) is 43.5 Å². The van der Waals surface area contributed by atoms with E-state index in [2.05, 4.69) is 17.2 Å². The number of hydrogen-bond donors (Lipinski definition) is 1. The summed E-state index contributed by atoms with van der Waals surface area (Å²) in [5.41, 5.74) is 0.526. The molecule has 1 aliphatic rings. The van der Waals surface area contributed by atoms with E-state index in [9.17, 15) is 4.79 Å². The monoisotopic (exact) mass is 248 g/mol. The van der Waals surface area contributed by atoms with Crippen molar-refractivity contribution >= 4 is 11.8 Å². The van der Waals surface area contributed by atoms with E-state index >= 15 is 0 Å². The van der Waals surface area contributed by atoms with E-state index in [4.69, 9.17) is 4.74 Å². The quantitative estimate of drug-likeness (QED) is 0.832. The normalized spacial score (nSPS) is 22.8. The Morgan fingerprint density at radius 3 is 3.06 bits per heavy atom. The number of carbonyl (C=O) groups is 1. The second kappa shape index (κ2) is 5.85. The van der Waals surface area contributed by atoms with Crippen LogP contribution in [0.15, 0.2) is 18.3 Å². The average molecular weight is 248 g/mol. The van der Waals surface area contributed by atoms with Crippen LogP contribution in [0, 0.1) is 5.92 Å². The number of nitrogens with one attached hydrogen (secondary N) is 1. The maximum Gasteiger partial charge on any atom is 0.341 e. The number of anilines is 1. The Balaban J connectivity index is 2.14. The first-order valence-electron chi connectivity index (χ1n) is 6.61. The first-order valence-corrected chi connectivity index (χ1v) is 6.61. The smallest absolute Gasteiger partial charge is 0.341 e. The van der Waals surface area contributed by atoms with Gasteiger partial charge in [-0.1, -0.05) is 13.3 Å². The predicted molar refractivity (Wildman–Crippen MR) is 70.6 cm³/mol. The van der Waals surface area contributed by atoms with Crippen molar-refractivity contribution in [3.8, 4) is 0 Å². The highest BCUT2D eigenvalue weighted by Gasteiger charge is 2.25. The van der Waals surface area contributed by atoms with Crippen molar-refractivity contribution in [1.82, 2.24) is 4.98 Å². The third-order valence-electron chi connectivity index (χ3n) is 3.49. The topological polar surface area (TPSA) is 51.2 Å². The second-order valence-electron chi connectivity index (χ2n) is 4.78. The van der Waals surface area contributed by atoms with Crippen molar-refractivity contribution in [2.45, 2.75) is 39.2 Å². The second-order valence-corrected chi connectivity index (χ2v) is 4.78. The van der Waals surface area contributed by atoms with Crippen LogP contribution in [0.25, 0.3) is 0 Å². The molecule has 2 unspecified atom stereocenters. The van der Waals surface area contributed by atoms with Gasteiger partial charge in [-0.15, -0.1) is 0 Å². The molecular weight excluding hydrogens is 228 g/mol. The largest absolute Gasteiger partial charge is 0.462 e. The Labute approximate surface area is 108 Å². The molecule has 1 aliphatic carbocycles. The molecule has 1 fully saturated rings. The Morgan fingerprint density at radius 1 is 1.56 bits per heavy atom. The molecule has 0 aliphatic heterocycles. The highest BCUT2D eigenvalue weighted by Crippen LogP contribution is 2.28. The molecule has 0 saturated heterocycles.